The summed E-state index contributed by atoms with van der Waals surface area (Å²) in [4.78, 5) is 6.91. The molecule has 1 aliphatic heterocycles. The first-order valence-corrected chi connectivity index (χ1v) is 8.59. The summed E-state index contributed by atoms with van der Waals surface area (Å²) in [5.41, 5.74) is 0.845. The summed E-state index contributed by atoms with van der Waals surface area (Å²) in [6.07, 6.45) is 4.31. The molecule has 1 N–H and O–H groups in total. The zero-order valence-electron chi connectivity index (χ0n) is 14.6. The van der Waals surface area contributed by atoms with Crippen molar-refractivity contribution in [1.82, 2.24) is 15.2 Å². The molecule has 0 saturated carbocycles. The summed E-state index contributed by atoms with van der Waals surface area (Å²) < 4.78 is 5.83. The van der Waals surface area contributed by atoms with Crippen LogP contribution in [0.2, 0.25) is 0 Å². The molecule has 1 atom stereocenters. The van der Waals surface area contributed by atoms with Crippen LogP contribution in [-0.2, 0) is 0 Å². The Morgan fingerprint density at radius 3 is 2.92 bits per heavy atom. The fraction of sp³-hybridized carbons (Fsp3) is 0.500. The van der Waals surface area contributed by atoms with Crippen LogP contribution in [-0.4, -0.2) is 34.4 Å². The Kier molecular flexibility index (Phi) is 5.13. The molecular formula is C18H25N5O. The Balaban J connectivity index is 1.78. The Morgan fingerprint density at radius 2 is 2.12 bits per heavy atom. The third-order valence-electron chi connectivity index (χ3n) is 4.02. The summed E-state index contributed by atoms with van der Waals surface area (Å²) in [5, 5.41) is 11.5. The first-order chi connectivity index (χ1) is 11.6. The number of anilines is 3. The van der Waals surface area contributed by atoms with E-state index in [0.717, 1.165) is 30.3 Å². The molecule has 2 heterocycles. The third kappa shape index (κ3) is 4.13. The molecule has 128 valence electrons. The van der Waals surface area contributed by atoms with Gasteiger partial charge in [-0.1, -0.05) is 19.1 Å². The van der Waals surface area contributed by atoms with Crippen molar-refractivity contribution in [2.24, 2.45) is 5.92 Å². The zero-order valence-corrected chi connectivity index (χ0v) is 14.6. The molecule has 1 fully saturated rings. The van der Waals surface area contributed by atoms with Gasteiger partial charge in [-0.3, -0.25) is 0 Å². The fourth-order valence-corrected chi connectivity index (χ4v) is 2.94. The average molecular weight is 327 g/mol. The Hall–Kier alpha value is -2.37. The second kappa shape index (κ2) is 7.47. The number of aromatic nitrogens is 3. The van der Waals surface area contributed by atoms with Crippen molar-refractivity contribution in [1.29, 1.82) is 0 Å². The maximum atomic E-state index is 5.83. The maximum absolute atomic E-state index is 5.83. The number of rotatable bonds is 5. The molecule has 6 nitrogen and oxygen atoms in total. The lowest BCUT2D eigenvalue weighted by molar-refractivity contribution is 0.244. The highest BCUT2D eigenvalue weighted by Gasteiger charge is 2.18. The van der Waals surface area contributed by atoms with Gasteiger partial charge >= 0.3 is 0 Å². The van der Waals surface area contributed by atoms with Crippen LogP contribution in [0.3, 0.4) is 0 Å². The first-order valence-electron chi connectivity index (χ1n) is 8.59. The molecule has 0 radical (unpaired) electrons. The minimum absolute atomic E-state index is 0.105. The third-order valence-corrected chi connectivity index (χ3v) is 4.02. The topological polar surface area (TPSA) is 63.2 Å². The number of hydrogen-bond donors (Lipinski definition) is 1. The normalized spacial score (nSPS) is 17.8. The van der Waals surface area contributed by atoms with Crippen LogP contribution < -0.4 is 15.0 Å². The van der Waals surface area contributed by atoms with Crippen LogP contribution in [0.25, 0.3) is 0 Å². The quantitative estimate of drug-likeness (QED) is 0.904. The largest absolute Gasteiger partial charge is 0.489 e. The van der Waals surface area contributed by atoms with Crippen molar-refractivity contribution in [2.75, 3.05) is 23.3 Å². The molecule has 1 aliphatic rings. The van der Waals surface area contributed by atoms with E-state index in [4.69, 9.17) is 4.74 Å². The molecule has 6 heteroatoms. The van der Waals surface area contributed by atoms with Gasteiger partial charge < -0.3 is 15.0 Å². The predicted molar refractivity (Wildman–Crippen MR) is 95.9 cm³/mol. The van der Waals surface area contributed by atoms with Crippen LogP contribution >= 0.6 is 0 Å². The second-order valence-electron chi connectivity index (χ2n) is 6.62. The van der Waals surface area contributed by atoms with Crippen molar-refractivity contribution in [3.05, 3.63) is 30.5 Å². The van der Waals surface area contributed by atoms with Crippen molar-refractivity contribution in [3.8, 4) is 5.75 Å². The summed E-state index contributed by atoms with van der Waals surface area (Å²) in [6, 6.07) is 7.80. The van der Waals surface area contributed by atoms with Gasteiger partial charge in [-0.25, -0.2) is 0 Å². The van der Waals surface area contributed by atoms with E-state index >= 15 is 0 Å². The van der Waals surface area contributed by atoms with Gasteiger partial charge in [0.15, 0.2) is 5.82 Å². The number of hydrogen-bond acceptors (Lipinski definition) is 6. The molecule has 1 unspecified atom stereocenters. The van der Waals surface area contributed by atoms with Crippen LogP contribution in [0, 0.1) is 5.92 Å². The van der Waals surface area contributed by atoms with Crippen LogP contribution in [0.15, 0.2) is 30.5 Å². The van der Waals surface area contributed by atoms with Gasteiger partial charge in [0, 0.05) is 13.1 Å². The van der Waals surface area contributed by atoms with E-state index in [1.54, 1.807) is 6.20 Å². The zero-order chi connectivity index (χ0) is 16.9. The van der Waals surface area contributed by atoms with E-state index in [-0.39, 0.29) is 6.10 Å². The standard InChI is InChI=1S/C18H25N5O/c1-13(2)24-16-9-5-4-8-15(16)20-18-21-17(11-19-22-18)23-10-6-7-14(3)12-23/h4-5,8-9,11,13-14H,6-7,10,12H2,1-3H3,(H,20,21,22). The molecule has 1 aromatic carbocycles. The van der Waals surface area contributed by atoms with Crippen molar-refractivity contribution in [2.45, 2.75) is 39.7 Å². The van der Waals surface area contributed by atoms with Crippen molar-refractivity contribution in [3.63, 3.8) is 0 Å². The summed E-state index contributed by atoms with van der Waals surface area (Å²) in [6.45, 7) is 8.33. The lowest BCUT2D eigenvalue weighted by Crippen LogP contribution is -2.35. The molecule has 0 spiro atoms. The highest BCUT2D eigenvalue weighted by molar-refractivity contribution is 5.62. The predicted octanol–water partition coefficient (Wildman–Crippen LogP) is 3.64. The Bertz CT molecular complexity index is 676. The lowest BCUT2D eigenvalue weighted by atomic mass is 10.0. The van der Waals surface area contributed by atoms with E-state index in [9.17, 15) is 0 Å². The number of benzene rings is 1. The second-order valence-corrected chi connectivity index (χ2v) is 6.62. The minimum Gasteiger partial charge on any atom is -0.489 e. The van der Waals surface area contributed by atoms with Crippen molar-refractivity contribution >= 4 is 17.5 Å². The van der Waals surface area contributed by atoms with Gasteiger partial charge in [-0.15, -0.1) is 5.10 Å². The van der Waals surface area contributed by atoms with E-state index in [1.165, 1.54) is 12.8 Å². The van der Waals surface area contributed by atoms with E-state index in [1.807, 2.05) is 38.1 Å². The lowest BCUT2D eigenvalue weighted by Gasteiger charge is -2.31. The van der Waals surface area contributed by atoms with E-state index in [0.29, 0.717) is 11.9 Å². The van der Waals surface area contributed by atoms with Gasteiger partial charge in [0.1, 0.15) is 5.75 Å². The SMILES string of the molecule is CC1CCCN(c2cnnc(Nc3ccccc3OC(C)C)n2)C1. The van der Waals surface area contributed by atoms with Gasteiger partial charge in [-0.2, -0.15) is 10.1 Å². The molecule has 2 aromatic rings. The summed E-state index contributed by atoms with van der Waals surface area (Å²) >= 11 is 0. The number of ether oxygens (including phenoxy) is 1. The monoisotopic (exact) mass is 327 g/mol. The fourth-order valence-electron chi connectivity index (χ4n) is 2.94. The number of nitrogens with one attached hydrogen (secondary N) is 1. The van der Waals surface area contributed by atoms with Gasteiger partial charge in [0.05, 0.1) is 18.0 Å². The molecule has 0 aliphatic carbocycles. The molecule has 0 amide bonds. The molecule has 1 saturated heterocycles. The number of nitrogens with zero attached hydrogens (tertiary/aromatic N) is 4. The Labute approximate surface area is 143 Å². The molecule has 0 bridgehead atoms. The van der Waals surface area contributed by atoms with Gasteiger partial charge in [-0.05, 0) is 44.7 Å². The van der Waals surface area contributed by atoms with Crippen LogP contribution in [0.4, 0.5) is 17.5 Å². The minimum atomic E-state index is 0.105. The van der Waals surface area contributed by atoms with Crippen molar-refractivity contribution < 1.29 is 4.74 Å². The van der Waals surface area contributed by atoms with Gasteiger partial charge in [0.25, 0.3) is 0 Å². The Morgan fingerprint density at radius 1 is 1.29 bits per heavy atom. The molecule has 3 rings (SSSR count). The van der Waals surface area contributed by atoms with Crippen LogP contribution in [0.1, 0.15) is 33.6 Å². The number of piperidine rings is 1. The highest BCUT2D eigenvalue weighted by atomic mass is 16.5. The number of para-hydroxylation sites is 2. The molecule has 1 aromatic heterocycles. The highest BCUT2D eigenvalue weighted by Crippen LogP contribution is 2.28. The van der Waals surface area contributed by atoms with E-state index in [2.05, 4.69) is 32.3 Å². The first kappa shape index (κ1) is 16.5. The molecular weight excluding hydrogens is 302 g/mol. The molecule has 24 heavy (non-hydrogen) atoms. The average Bonchev–Trinajstić information content (AvgIpc) is 2.56. The maximum Gasteiger partial charge on any atom is 0.249 e. The summed E-state index contributed by atoms with van der Waals surface area (Å²) in [7, 11) is 0. The smallest absolute Gasteiger partial charge is 0.249 e. The van der Waals surface area contributed by atoms with E-state index < -0.39 is 0 Å². The van der Waals surface area contributed by atoms with Gasteiger partial charge in [0.2, 0.25) is 5.95 Å². The van der Waals surface area contributed by atoms with Crippen LogP contribution in [0.5, 0.6) is 5.75 Å². The summed E-state index contributed by atoms with van der Waals surface area (Å²) in [5.74, 6) is 2.84.